The van der Waals surface area contributed by atoms with Crippen LogP contribution >= 0.6 is 0 Å². The fourth-order valence-electron chi connectivity index (χ4n) is 2.60. The van der Waals surface area contributed by atoms with E-state index in [4.69, 9.17) is 5.73 Å². The second kappa shape index (κ2) is 4.63. The van der Waals surface area contributed by atoms with E-state index in [2.05, 4.69) is 0 Å². The molecule has 5 heteroatoms. The third kappa shape index (κ3) is 2.66. The van der Waals surface area contributed by atoms with Crippen molar-refractivity contribution in [1.82, 2.24) is 0 Å². The summed E-state index contributed by atoms with van der Waals surface area (Å²) in [7, 11) is 0. The maximum absolute atomic E-state index is 12.5. The number of nitrogens with two attached hydrogens (primary N) is 1. The summed E-state index contributed by atoms with van der Waals surface area (Å²) < 4.78 is 37.5. The van der Waals surface area contributed by atoms with Gasteiger partial charge < -0.3 is 5.73 Å². The smallest absolute Gasteiger partial charge is 0.315 e. The Kier molecular flexibility index (Phi) is 3.43. The van der Waals surface area contributed by atoms with E-state index in [1.807, 2.05) is 6.92 Å². The van der Waals surface area contributed by atoms with Crippen molar-refractivity contribution < 1.29 is 18.0 Å². The molecule has 0 aromatic heterocycles. The summed E-state index contributed by atoms with van der Waals surface area (Å²) in [6, 6.07) is 4.60. The lowest BCUT2D eigenvalue weighted by atomic mass is 9.72. The average molecular weight is 271 g/mol. The summed E-state index contributed by atoms with van der Waals surface area (Å²) in [5.41, 5.74) is 4.75. The molecule has 1 aliphatic carbocycles. The molecule has 1 fully saturated rings. The highest BCUT2D eigenvalue weighted by molar-refractivity contribution is 5.90. The molecular formula is C14H16F3NO. The molecule has 0 spiro atoms. The SMILES string of the molecule is C[C@H]1CCC(=O)C(N)(c2ccc(C(F)(F)F)cc2)C1. The van der Waals surface area contributed by atoms with Crippen LogP contribution in [0, 0.1) is 5.92 Å². The highest BCUT2D eigenvalue weighted by Crippen LogP contribution is 2.37. The van der Waals surface area contributed by atoms with Crippen LogP contribution in [-0.4, -0.2) is 5.78 Å². The normalized spacial score (nSPS) is 28.5. The van der Waals surface area contributed by atoms with Crippen LogP contribution in [0.5, 0.6) is 0 Å². The topological polar surface area (TPSA) is 43.1 Å². The monoisotopic (exact) mass is 271 g/mol. The van der Waals surface area contributed by atoms with E-state index in [9.17, 15) is 18.0 Å². The Morgan fingerprint density at radius 2 is 1.84 bits per heavy atom. The van der Waals surface area contributed by atoms with Crippen molar-refractivity contribution >= 4 is 5.78 Å². The number of alkyl halides is 3. The molecule has 1 aromatic carbocycles. The molecule has 0 heterocycles. The molecule has 0 amide bonds. The van der Waals surface area contributed by atoms with Crippen LogP contribution in [0.4, 0.5) is 13.2 Å². The van der Waals surface area contributed by atoms with Gasteiger partial charge in [-0.05, 0) is 36.5 Å². The third-order valence-corrected chi connectivity index (χ3v) is 3.76. The minimum Gasteiger partial charge on any atom is -0.315 e. The summed E-state index contributed by atoms with van der Waals surface area (Å²) in [6.45, 7) is 2.00. The zero-order chi connectivity index (χ0) is 14.3. The first-order valence-electron chi connectivity index (χ1n) is 6.23. The van der Waals surface area contributed by atoms with Crippen molar-refractivity contribution in [2.75, 3.05) is 0 Å². The third-order valence-electron chi connectivity index (χ3n) is 3.76. The van der Waals surface area contributed by atoms with Gasteiger partial charge in [0, 0.05) is 6.42 Å². The average Bonchev–Trinajstić information content (AvgIpc) is 2.33. The summed E-state index contributed by atoms with van der Waals surface area (Å²) in [5.74, 6) is 0.204. The van der Waals surface area contributed by atoms with E-state index in [1.165, 1.54) is 12.1 Å². The Morgan fingerprint density at radius 3 is 2.37 bits per heavy atom. The van der Waals surface area contributed by atoms with Gasteiger partial charge >= 0.3 is 6.18 Å². The van der Waals surface area contributed by atoms with Gasteiger partial charge in [0.05, 0.1) is 5.56 Å². The first kappa shape index (κ1) is 14.1. The number of ketones is 1. The van der Waals surface area contributed by atoms with Gasteiger partial charge in [-0.25, -0.2) is 0 Å². The fourth-order valence-corrected chi connectivity index (χ4v) is 2.60. The number of halogens is 3. The quantitative estimate of drug-likeness (QED) is 0.852. The van der Waals surface area contributed by atoms with E-state index in [1.54, 1.807) is 0 Å². The van der Waals surface area contributed by atoms with E-state index in [-0.39, 0.29) is 5.78 Å². The highest BCUT2D eigenvalue weighted by Gasteiger charge is 2.40. The second-order valence-corrected chi connectivity index (χ2v) is 5.32. The molecule has 1 saturated carbocycles. The first-order valence-corrected chi connectivity index (χ1v) is 6.23. The molecule has 0 aliphatic heterocycles. The molecule has 2 nitrogen and oxygen atoms in total. The highest BCUT2D eigenvalue weighted by atomic mass is 19.4. The Hall–Kier alpha value is -1.36. The molecule has 2 atom stereocenters. The zero-order valence-electron chi connectivity index (χ0n) is 10.6. The van der Waals surface area contributed by atoms with Crippen molar-refractivity contribution in [2.45, 2.75) is 37.9 Å². The molecule has 0 bridgehead atoms. The second-order valence-electron chi connectivity index (χ2n) is 5.32. The largest absolute Gasteiger partial charge is 0.416 e. The number of carbonyl (C=O) groups is 1. The van der Waals surface area contributed by atoms with Gasteiger partial charge in [0.25, 0.3) is 0 Å². The van der Waals surface area contributed by atoms with Crippen LogP contribution in [0.1, 0.15) is 37.3 Å². The molecular weight excluding hydrogens is 255 g/mol. The summed E-state index contributed by atoms with van der Waals surface area (Å²) in [5, 5.41) is 0. The maximum atomic E-state index is 12.5. The van der Waals surface area contributed by atoms with Crippen molar-refractivity contribution in [3.05, 3.63) is 35.4 Å². The van der Waals surface area contributed by atoms with Crippen molar-refractivity contribution in [3.63, 3.8) is 0 Å². The number of Topliss-reactive ketones (excluding diaryl/α,β-unsaturated/α-hetero) is 1. The van der Waals surface area contributed by atoms with Gasteiger partial charge in [-0.15, -0.1) is 0 Å². The van der Waals surface area contributed by atoms with Crippen LogP contribution in [0.2, 0.25) is 0 Å². The summed E-state index contributed by atoms with van der Waals surface area (Å²) in [6.07, 6.45) is -2.71. The van der Waals surface area contributed by atoms with Gasteiger partial charge in [0.15, 0.2) is 5.78 Å². The van der Waals surface area contributed by atoms with Crippen LogP contribution in [0.15, 0.2) is 24.3 Å². The van der Waals surface area contributed by atoms with Gasteiger partial charge in [-0.3, -0.25) is 4.79 Å². The van der Waals surface area contributed by atoms with Crippen LogP contribution in [0.25, 0.3) is 0 Å². The van der Waals surface area contributed by atoms with Gasteiger partial charge in [0.1, 0.15) is 5.54 Å². The maximum Gasteiger partial charge on any atom is 0.416 e. The predicted molar refractivity (Wildman–Crippen MR) is 65.3 cm³/mol. The molecule has 104 valence electrons. The van der Waals surface area contributed by atoms with Gasteiger partial charge in [-0.1, -0.05) is 19.1 Å². The Morgan fingerprint density at radius 1 is 1.26 bits per heavy atom. The molecule has 19 heavy (non-hydrogen) atoms. The van der Waals surface area contributed by atoms with E-state index < -0.39 is 17.3 Å². The molecule has 0 radical (unpaired) electrons. The number of carbonyl (C=O) groups excluding carboxylic acids is 1. The van der Waals surface area contributed by atoms with Gasteiger partial charge in [-0.2, -0.15) is 13.2 Å². The molecule has 1 aliphatic rings. The van der Waals surface area contributed by atoms with E-state index >= 15 is 0 Å². The van der Waals surface area contributed by atoms with Crippen molar-refractivity contribution in [2.24, 2.45) is 11.7 Å². The minimum atomic E-state index is -4.37. The summed E-state index contributed by atoms with van der Waals surface area (Å²) >= 11 is 0. The molecule has 2 N–H and O–H groups in total. The fraction of sp³-hybridized carbons (Fsp3) is 0.500. The number of rotatable bonds is 1. The van der Waals surface area contributed by atoms with Crippen molar-refractivity contribution in [3.8, 4) is 0 Å². The van der Waals surface area contributed by atoms with Gasteiger partial charge in [0.2, 0.25) is 0 Å². The molecule has 0 saturated heterocycles. The number of benzene rings is 1. The first-order chi connectivity index (χ1) is 8.73. The lowest BCUT2D eigenvalue weighted by Crippen LogP contribution is -2.48. The van der Waals surface area contributed by atoms with Crippen LogP contribution in [0.3, 0.4) is 0 Å². The molecule has 1 aromatic rings. The lowest BCUT2D eigenvalue weighted by Gasteiger charge is -2.35. The van der Waals surface area contributed by atoms with Crippen LogP contribution < -0.4 is 5.73 Å². The number of hydrogen-bond acceptors (Lipinski definition) is 2. The predicted octanol–water partition coefficient (Wildman–Crippen LogP) is 3.25. The Balaban J connectivity index is 2.33. The minimum absolute atomic E-state index is 0.0923. The van der Waals surface area contributed by atoms with Crippen molar-refractivity contribution in [1.29, 1.82) is 0 Å². The zero-order valence-corrected chi connectivity index (χ0v) is 10.6. The molecule has 1 unspecified atom stereocenters. The van der Waals surface area contributed by atoms with E-state index in [0.717, 1.165) is 18.6 Å². The Bertz CT molecular complexity index is 480. The van der Waals surface area contributed by atoms with E-state index in [0.29, 0.717) is 24.3 Å². The lowest BCUT2D eigenvalue weighted by molar-refractivity contribution is -0.137. The standard InChI is InChI=1S/C14H16F3NO/c1-9-2-7-12(19)13(18,8-9)10-3-5-11(6-4-10)14(15,16)17/h3-6,9H,2,7-8,18H2,1H3/t9-,13?/m0/s1. The van der Waals surface area contributed by atoms with Crippen LogP contribution in [-0.2, 0) is 16.5 Å². The number of hydrogen-bond donors (Lipinski definition) is 1. The summed E-state index contributed by atoms with van der Waals surface area (Å²) in [4.78, 5) is 12.0. The Labute approximate surface area is 109 Å². The molecule has 2 rings (SSSR count).